The molecule has 0 fully saturated rings. The molecule has 0 atom stereocenters. The Morgan fingerprint density at radius 3 is 2.71 bits per heavy atom. The van der Waals surface area contributed by atoms with Crippen molar-refractivity contribution in [1.82, 2.24) is 0 Å². The fourth-order valence-electron chi connectivity index (χ4n) is 1.53. The van der Waals surface area contributed by atoms with Gasteiger partial charge in [-0.25, -0.2) is 4.79 Å². The topological polar surface area (TPSA) is 89.7 Å². The van der Waals surface area contributed by atoms with Crippen molar-refractivity contribution in [2.45, 2.75) is 19.3 Å². The fraction of sp³-hybridized carbons (Fsp3) is 0.364. The number of hydrogen-bond donors (Lipinski definition) is 1. The number of hydrogen-bond acceptors (Lipinski definition) is 5. The van der Waals surface area contributed by atoms with Crippen molar-refractivity contribution < 1.29 is 19.9 Å². The maximum Gasteiger partial charge on any atom is 0.372 e. The van der Waals surface area contributed by atoms with Gasteiger partial charge >= 0.3 is 5.97 Å². The Balaban J connectivity index is 3.06. The van der Waals surface area contributed by atoms with E-state index in [0.717, 1.165) is 0 Å². The summed E-state index contributed by atoms with van der Waals surface area (Å²) in [5.41, 5.74) is 0.0911. The predicted molar refractivity (Wildman–Crippen MR) is 59.4 cm³/mol. The highest BCUT2D eigenvalue weighted by Gasteiger charge is 2.27. The van der Waals surface area contributed by atoms with E-state index in [1.807, 2.05) is 0 Å². The molecule has 6 heteroatoms. The summed E-state index contributed by atoms with van der Waals surface area (Å²) in [6.45, 7) is 3.17. The van der Waals surface area contributed by atoms with Gasteiger partial charge in [-0.15, -0.1) is 0 Å². The number of carbonyl (C=O) groups is 1. The van der Waals surface area contributed by atoms with Gasteiger partial charge in [-0.2, -0.15) is 5.26 Å². The molecule has 92 valence electrons. The molecule has 0 saturated carbocycles. The molecule has 1 rings (SSSR count). The number of rotatable bonds is 4. The van der Waals surface area contributed by atoms with Crippen molar-refractivity contribution in [2.75, 3.05) is 6.54 Å². The van der Waals surface area contributed by atoms with Gasteiger partial charge in [-0.05, 0) is 31.5 Å². The number of nitrogens with zero attached hydrogens (tertiary/aromatic N) is 1. The van der Waals surface area contributed by atoms with Crippen LogP contribution in [0.25, 0.3) is 0 Å². The molecule has 0 aliphatic heterocycles. The third-order valence-electron chi connectivity index (χ3n) is 2.49. The van der Waals surface area contributed by atoms with Crippen LogP contribution in [0.4, 0.5) is 0 Å². The van der Waals surface area contributed by atoms with Gasteiger partial charge < -0.3 is 0 Å². The normalized spacial score (nSPS) is 11.0. The Morgan fingerprint density at radius 2 is 2.18 bits per heavy atom. The van der Waals surface area contributed by atoms with Crippen LogP contribution in [0.5, 0.6) is 0 Å². The lowest BCUT2D eigenvalue weighted by molar-refractivity contribution is -0.489. The van der Waals surface area contributed by atoms with Gasteiger partial charge in [0.15, 0.2) is 0 Å². The highest BCUT2D eigenvalue weighted by molar-refractivity contribution is 5.89. The largest absolute Gasteiger partial charge is 0.372 e. The van der Waals surface area contributed by atoms with Gasteiger partial charge in [0, 0.05) is 4.92 Å². The van der Waals surface area contributed by atoms with Crippen LogP contribution in [-0.4, -0.2) is 22.7 Å². The molecular weight excluding hydrogens is 226 g/mol. The molecule has 1 aromatic carbocycles. The minimum atomic E-state index is -0.885. The Morgan fingerprint density at radius 1 is 1.53 bits per heavy atom. The summed E-state index contributed by atoms with van der Waals surface area (Å²) in [4.78, 5) is 24.9. The minimum Gasteiger partial charge on any atom is -0.296 e. The van der Waals surface area contributed by atoms with Crippen molar-refractivity contribution in [3.05, 3.63) is 45.5 Å². The van der Waals surface area contributed by atoms with Gasteiger partial charge in [-0.3, -0.25) is 15.0 Å². The summed E-state index contributed by atoms with van der Waals surface area (Å²) < 4.78 is 0. The summed E-state index contributed by atoms with van der Waals surface area (Å²) in [7, 11) is 0. The van der Waals surface area contributed by atoms with Crippen LogP contribution in [0.1, 0.15) is 29.8 Å². The van der Waals surface area contributed by atoms with E-state index in [-0.39, 0.29) is 12.1 Å². The zero-order valence-electron chi connectivity index (χ0n) is 9.54. The monoisotopic (exact) mass is 239 g/mol. The van der Waals surface area contributed by atoms with E-state index in [2.05, 4.69) is 4.89 Å². The first-order valence-electron chi connectivity index (χ1n) is 4.95. The second-order valence-electron chi connectivity index (χ2n) is 4.33. The summed E-state index contributed by atoms with van der Waals surface area (Å²) in [5, 5.41) is 18.8. The average Bonchev–Trinajstić information content (AvgIpc) is 2.26. The molecule has 0 radical (unpaired) electrons. The smallest absolute Gasteiger partial charge is 0.296 e. The highest BCUT2D eigenvalue weighted by Crippen LogP contribution is 2.24. The Labute approximate surface area is 97.9 Å². The standard InChI is InChI=1S/C11H13NO5/c1-11(2,7-12(14)15)9-5-3-4-8(6-9)10(13)17-16/h3-6,16H,7H2,1-2H3. The predicted octanol–water partition coefficient (Wildman–Crippen LogP) is 1.87. The van der Waals surface area contributed by atoms with Gasteiger partial charge in [-0.1, -0.05) is 12.1 Å². The van der Waals surface area contributed by atoms with E-state index in [0.29, 0.717) is 5.56 Å². The van der Waals surface area contributed by atoms with E-state index in [1.54, 1.807) is 26.0 Å². The first kappa shape index (κ1) is 13.1. The van der Waals surface area contributed by atoms with Gasteiger partial charge in [0.25, 0.3) is 0 Å². The lowest BCUT2D eigenvalue weighted by Gasteiger charge is -2.20. The zero-order valence-corrected chi connectivity index (χ0v) is 9.54. The first-order chi connectivity index (χ1) is 7.86. The summed E-state index contributed by atoms with van der Waals surface area (Å²) in [6.07, 6.45) is 0. The second kappa shape index (κ2) is 4.92. The van der Waals surface area contributed by atoms with E-state index in [9.17, 15) is 14.9 Å². The second-order valence-corrected chi connectivity index (χ2v) is 4.33. The summed E-state index contributed by atoms with van der Waals surface area (Å²) in [5.74, 6) is -0.885. The van der Waals surface area contributed by atoms with E-state index in [4.69, 9.17) is 5.26 Å². The van der Waals surface area contributed by atoms with Crippen molar-refractivity contribution >= 4 is 5.97 Å². The minimum absolute atomic E-state index is 0.154. The molecule has 1 N–H and O–H groups in total. The number of nitro groups is 1. The molecule has 0 bridgehead atoms. The van der Waals surface area contributed by atoms with Crippen LogP contribution in [-0.2, 0) is 10.3 Å². The molecule has 0 aliphatic carbocycles. The Hall–Kier alpha value is -1.95. The summed E-state index contributed by atoms with van der Waals surface area (Å²) >= 11 is 0. The van der Waals surface area contributed by atoms with Crippen molar-refractivity contribution in [3.63, 3.8) is 0 Å². The molecule has 1 aromatic rings. The molecule has 0 saturated heterocycles. The van der Waals surface area contributed by atoms with Crippen LogP contribution in [0, 0.1) is 10.1 Å². The molecule has 0 aliphatic rings. The maximum absolute atomic E-state index is 11.1. The fourth-order valence-corrected chi connectivity index (χ4v) is 1.53. The SMILES string of the molecule is CC(C)(C[N+](=O)[O-])c1cccc(C(=O)OO)c1. The van der Waals surface area contributed by atoms with Crippen LogP contribution < -0.4 is 0 Å². The van der Waals surface area contributed by atoms with Crippen LogP contribution in [0.2, 0.25) is 0 Å². The number of benzene rings is 1. The average molecular weight is 239 g/mol. The third-order valence-corrected chi connectivity index (χ3v) is 2.49. The lowest BCUT2D eigenvalue weighted by Crippen LogP contribution is -2.27. The van der Waals surface area contributed by atoms with Gasteiger partial charge in [0.05, 0.1) is 11.0 Å². The van der Waals surface area contributed by atoms with E-state index >= 15 is 0 Å². The molecule has 0 spiro atoms. The zero-order chi connectivity index (χ0) is 13.1. The lowest BCUT2D eigenvalue weighted by atomic mass is 9.84. The molecular formula is C11H13NO5. The van der Waals surface area contributed by atoms with E-state index in [1.165, 1.54) is 12.1 Å². The Bertz CT molecular complexity index is 441. The number of carbonyl (C=O) groups excluding carboxylic acids is 1. The quantitative estimate of drug-likeness (QED) is 0.492. The molecule has 0 aromatic heterocycles. The molecule has 0 amide bonds. The van der Waals surface area contributed by atoms with Crippen molar-refractivity contribution in [2.24, 2.45) is 0 Å². The first-order valence-corrected chi connectivity index (χ1v) is 4.95. The van der Waals surface area contributed by atoms with Crippen LogP contribution in [0.15, 0.2) is 24.3 Å². The van der Waals surface area contributed by atoms with Crippen LogP contribution >= 0.6 is 0 Å². The van der Waals surface area contributed by atoms with Gasteiger partial charge in [0.2, 0.25) is 6.54 Å². The van der Waals surface area contributed by atoms with Crippen molar-refractivity contribution in [1.29, 1.82) is 0 Å². The van der Waals surface area contributed by atoms with E-state index < -0.39 is 16.3 Å². The Kier molecular flexibility index (Phi) is 3.80. The molecule has 17 heavy (non-hydrogen) atoms. The molecule has 6 nitrogen and oxygen atoms in total. The maximum atomic E-state index is 11.1. The summed E-state index contributed by atoms with van der Waals surface area (Å²) in [6, 6.07) is 6.22. The third kappa shape index (κ3) is 3.25. The molecule has 0 unspecified atom stereocenters. The highest BCUT2D eigenvalue weighted by atomic mass is 17.1. The van der Waals surface area contributed by atoms with Crippen LogP contribution in [0.3, 0.4) is 0 Å². The molecule has 0 heterocycles. The van der Waals surface area contributed by atoms with Crippen molar-refractivity contribution in [3.8, 4) is 0 Å². The van der Waals surface area contributed by atoms with Gasteiger partial charge in [0.1, 0.15) is 0 Å².